The lowest BCUT2D eigenvalue weighted by atomic mass is 10.1. The van der Waals surface area contributed by atoms with Gasteiger partial charge in [0.15, 0.2) is 0 Å². The average Bonchev–Trinajstić information content (AvgIpc) is 2.35. The molecule has 0 fully saturated rings. The van der Waals surface area contributed by atoms with Crippen molar-refractivity contribution in [3.8, 4) is 5.75 Å². The van der Waals surface area contributed by atoms with Crippen molar-refractivity contribution in [1.29, 1.82) is 0 Å². The maximum Gasteiger partial charge on any atom is 0.119 e. The molecule has 0 aliphatic rings. The van der Waals surface area contributed by atoms with Crippen molar-refractivity contribution in [1.82, 2.24) is 5.32 Å². The van der Waals surface area contributed by atoms with Gasteiger partial charge in [0.1, 0.15) is 5.75 Å². The second kappa shape index (κ2) is 7.27. The Morgan fingerprint density at radius 1 is 1.32 bits per heavy atom. The average molecular weight is 330 g/mol. The molecule has 0 saturated heterocycles. The maximum atomic E-state index is 5.84. The summed E-state index contributed by atoms with van der Waals surface area (Å²) in [7, 11) is 3.65. The van der Waals surface area contributed by atoms with Gasteiger partial charge in [-0.2, -0.15) is 0 Å². The summed E-state index contributed by atoms with van der Waals surface area (Å²) in [6.07, 6.45) is 0.893. The van der Waals surface area contributed by atoms with Crippen molar-refractivity contribution in [2.24, 2.45) is 0 Å². The van der Waals surface area contributed by atoms with Crippen LogP contribution < -0.4 is 10.1 Å². The monoisotopic (exact) mass is 329 g/mol. The fraction of sp³-hybridized carbons (Fsp3) is 0.600. The third-order valence-corrected chi connectivity index (χ3v) is 3.62. The van der Waals surface area contributed by atoms with Gasteiger partial charge in [-0.15, -0.1) is 0 Å². The maximum absolute atomic E-state index is 5.84. The number of halogens is 1. The van der Waals surface area contributed by atoms with Gasteiger partial charge in [-0.3, -0.25) is 0 Å². The van der Waals surface area contributed by atoms with Gasteiger partial charge in [0, 0.05) is 10.5 Å². The second-order valence-corrected chi connectivity index (χ2v) is 6.42. The second-order valence-electron chi connectivity index (χ2n) is 5.57. The lowest BCUT2D eigenvalue weighted by molar-refractivity contribution is -0.0135. The van der Waals surface area contributed by atoms with Gasteiger partial charge in [-0.25, -0.2) is 0 Å². The van der Waals surface area contributed by atoms with Gasteiger partial charge in [-0.1, -0.05) is 15.9 Å². The van der Waals surface area contributed by atoms with Crippen LogP contribution in [0.4, 0.5) is 0 Å². The summed E-state index contributed by atoms with van der Waals surface area (Å²) < 4.78 is 12.2. The number of hydrogen-bond acceptors (Lipinski definition) is 3. The van der Waals surface area contributed by atoms with Crippen LogP contribution in [0.15, 0.2) is 22.7 Å². The molecule has 4 heteroatoms. The molecule has 108 valence electrons. The van der Waals surface area contributed by atoms with Crippen LogP contribution in [0.25, 0.3) is 0 Å². The summed E-state index contributed by atoms with van der Waals surface area (Å²) in [5.41, 5.74) is 1.11. The fourth-order valence-corrected chi connectivity index (χ4v) is 2.10. The number of benzene rings is 1. The molecular formula is C15H24BrNO2. The van der Waals surface area contributed by atoms with Gasteiger partial charge >= 0.3 is 0 Å². The van der Waals surface area contributed by atoms with E-state index in [1.54, 1.807) is 7.11 Å². The molecule has 0 bridgehead atoms. The van der Waals surface area contributed by atoms with Crippen LogP contribution in [0.1, 0.15) is 26.3 Å². The molecule has 1 rings (SSSR count). The molecule has 3 nitrogen and oxygen atoms in total. The molecule has 0 amide bonds. The van der Waals surface area contributed by atoms with E-state index in [0.717, 1.165) is 16.6 Å². The third-order valence-electron chi connectivity index (χ3n) is 2.84. The van der Waals surface area contributed by atoms with Crippen LogP contribution in [0.5, 0.6) is 5.75 Å². The zero-order valence-electron chi connectivity index (χ0n) is 12.4. The zero-order valence-corrected chi connectivity index (χ0v) is 14.0. The van der Waals surface area contributed by atoms with E-state index in [2.05, 4.69) is 48.1 Å². The Hall–Kier alpha value is -0.580. The smallest absolute Gasteiger partial charge is 0.119 e. The molecule has 0 aliphatic carbocycles. The molecule has 0 radical (unpaired) electrons. The predicted molar refractivity (Wildman–Crippen MR) is 83.0 cm³/mol. The van der Waals surface area contributed by atoms with Gasteiger partial charge in [0.2, 0.25) is 0 Å². The highest BCUT2D eigenvalue weighted by molar-refractivity contribution is 9.10. The molecule has 1 aromatic rings. The van der Waals surface area contributed by atoms with Crippen molar-refractivity contribution in [3.63, 3.8) is 0 Å². The third kappa shape index (κ3) is 5.93. The summed E-state index contributed by atoms with van der Waals surface area (Å²) in [6, 6.07) is 6.31. The van der Waals surface area contributed by atoms with Crippen molar-refractivity contribution in [2.45, 2.75) is 38.8 Å². The Bertz CT molecular complexity index is 402. The summed E-state index contributed by atoms with van der Waals surface area (Å²) in [5.74, 6) is 0.879. The normalized spacial score (nSPS) is 13.4. The minimum absolute atomic E-state index is 0.110. The molecule has 0 heterocycles. The molecule has 0 saturated carbocycles. The molecule has 1 aromatic carbocycles. The molecule has 0 aromatic heterocycles. The van der Waals surface area contributed by atoms with E-state index in [-0.39, 0.29) is 11.6 Å². The molecule has 1 N–H and O–H groups in total. The highest BCUT2D eigenvalue weighted by Crippen LogP contribution is 2.24. The van der Waals surface area contributed by atoms with E-state index >= 15 is 0 Å². The quantitative estimate of drug-likeness (QED) is 0.867. The Morgan fingerprint density at radius 3 is 2.53 bits per heavy atom. The topological polar surface area (TPSA) is 30.5 Å². The molecule has 1 unspecified atom stereocenters. The Labute approximate surface area is 124 Å². The molecule has 19 heavy (non-hydrogen) atoms. The molecule has 0 aliphatic heterocycles. The minimum atomic E-state index is -0.110. The van der Waals surface area contributed by atoms with Crippen LogP contribution in [0.3, 0.4) is 0 Å². The van der Waals surface area contributed by atoms with Gasteiger partial charge < -0.3 is 14.8 Å². The van der Waals surface area contributed by atoms with Crippen LogP contribution in [0, 0.1) is 0 Å². The molecular weight excluding hydrogens is 306 g/mol. The van der Waals surface area contributed by atoms with E-state index in [4.69, 9.17) is 9.47 Å². The first-order chi connectivity index (χ1) is 8.85. The zero-order chi connectivity index (χ0) is 14.5. The number of ether oxygens (including phenoxy) is 2. The van der Waals surface area contributed by atoms with Crippen molar-refractivity contribution >= 4 is 15.9 Å². The fourth-order valence-electron chi connectivity index (χ4n) is 1.69. The number of hydrogen-bond donors (Lipinski definition) is 1. The van der Waals surface area contributed by atoms with Crippen LogP contribution >= 0.6 is 15.9 Å². The van der Waals surface area contributed by atoms with Crippen molar-refractivity contribution in [2.75, 3.05) is 20.8 Å². The van der Waals surface area contributed by atoms with E-state index < -0.39 is 0 Å². The van der Waals surface area contributed by atoms with Crippen molar-refractivity contribution < 1.29 is 9.47 Å². The first kappa shape index (κ1) is 16.5. The number of likely N-dealkylation sites (N-methyl/N-ethyl adjacent to an activating group) is 1. The Morgan fingerprint density at radius 2 is 2.00 bits per heavy atom. The van der Waals surface area contributed by atoms with E-state index in [9.17, 15) is 0 Å². The van der Waals surface area contributed by atoms with Crippen LogP contribution in [0.2, 0.25) is 0 Å². The lowest BCUT2D eigenvalue weighted by Crippen LogP contribution is -2.36. The van der Waals surface area contributed by atoms with Crippen LogP contribution in [-0.4, -0.2) is 32.4 Å². The summed E-state index contributed by atoms with van der Waals surface area (Å²) in [5, 5.41) is 3.30. The Kier molecular flexibility index (Phi) is 6.30. The predicted octanol–water partition coefficient (Wildman–Crippen LogP) is 3.40. The SMILES string of the molecule is CNC(COC(C)(C)C)Cc1cc(OC)ccc1Br. The van der Waals surface area contributed by atoms with E-state index in [1.807, 2.05) is 19.2 Å². The van der Waals surface area contributed by atoms with Gasteiger partial charge in [0.25, 0.3) is 0 Å². The summed E-state index contributed by atoms with van der Waals surface area (Å²) in [4.78, 5) is 0. The van der Waals surface area contributed by atoms with Crippen LogP contribution in [-0.2, 0) is 11.2 Å². The summed E-state index contributed by atoms with van der Waals surface area (Å²) >= 11 is 3.58. The minimum Gasteiger partial charge on any atom is -0.497 e. The molecule has 0 spiro atoms. The highest BCUT2D eigenvalue weighted by atomic mass is 79.9. The van der Waals surface area contributed by atoms with Gasteiger partial charge in [0.05, 0.1) is 19.3 Å². The Balaban J connectivity index is 2.69. The highest BCUT2D eigenvalue weighted by Gasteiger charge is 2.16. The van der Waals surface area contributed by atoms with E-state index in [1.165, 1.54) is 5.56 Å². The lowest BCUT2D eigenvalue weighted by Gasteiger charge is -2.24. The van der Waals surface area contributed by atoms with Gasteiger partial charge in [-0.05, 0) is 58.0 Å². The molecule has 1 atom stereocenters. The first-order valence-corrected chi connectivity index (χ1v) is 7.28. The number of methoxy groups -OCH3 is 1. The van der Waals surface area contributed by atoms with Crippen molar-refractivity contribution in [3.05, 3.63) is 28.2 Å². The van der Waals surface area contributed by atoms with E-state index in [0.29, 0.717) is 6.61 Å². The number of nitrogens with one attached hydrogen (secondary N) is 1. The largest absolute Gasteiger partial charge is 0.497 e. The number of rotatable bonds is 6. The standard InChI is InChI=1S/C15H24BrNO2/c1-15(2,3)19-10-12(17-4)8-11-9-13(18-5)6-7-14(11)16/h6-7,9,12,17H,8,10H2,1-5H3. The first-order valence-electron chi connectivity index (χ1n) is 6.49. The summed E-state index contributed by atoms with van der Waals surface area (Å²) in [6.45, 7) is 6.90.